The van der Waals surface area contributed by atoms with Crippen LogP contribution in [0, 0.1) is 10.1 Å². The molecule has 0 atom stereocenters. The van der Waals surface area contributed by atoms with Gasteiger partial charge in [-0.25, -0.2) is 4.79 Å². The number of carbonyl (C=O) groups excluding carboxylic acids is 1. The predicted octanol–water partition coefficient (Wildman–Crippen LogP) is 3.79. The number of ether oxygens (including phenoxy) is 1. The SMILES string of the molecule is CC(C)(C)OC(=O)NCC=Cc1cc([N+](=O)[O-])ccc1Cl. The van der Waals surface area contributed by atoms with Crippen LogP contribution in [0.15, 0.2) is 24.3 Å². The van der Waals surface area contributed by atoms with Crippen LogP contribution < -0.4 is 5.32 Å². The maximum absolute atomic E-state index is 11.4. The van der Waals surface area contributed by atoms with Crippen LogP contribution in [-0.2, 0) is 4.74 Å². The minimum absolute atomic E-state index is 0.0425. The first-order valence-electron chi connectivity index (χ1n) is 6.26. The van der Waals surface area contributed by atoms with Gasteiger partial charge < -0.3 is 10.1 Å². The number of rotatable bonds is 4. The first-order chi connectivity index (χ1) is 9.69. The Morgan fingerprint density at radius 2 is 2.14 bits per heavy atom. The van der Waals surface area contributed by atoms with Crippen molar-refractivity contribution >= 4 is 29.5 Å². The Kier molecular flexibility index (Phi) is 5.72. The van der Waals surface area contributed by atoms with Gasteiger partial charge in [0.05, 0.1) is 4.92 Å². The smallest absolute Gasteiger partial charge is 0.407 e. The van der Waals surface area contributed by atoms with Gasteiger partial charge in [-0.3, -0.25) is 10.1 Å². The molecule has 0 aliphatic heterocycles. The number of nitrogens with one attached hydrogen (secondary N) is 1. The maximum atomic E-state index is 11.4. The second kappa shape index (κ2) is 7.08. The van der Waals surface area contributed by atoms with Crippen molar-refractivity contribution in [3.8, 4) is 0 Å². The van der Waals surface area contributed by atoms with Crippen molar-refractivity contribution in [3.63, 3.8) is 0 Å². The van der Waals surface area contributed by atoms with Crippen molar-refractivity contribution in [2.24, 2.45) is 0 Å². The van der Waals surface area contributed by atoms with Crippen LogP contribution in [0.2, 0.25) is 5.02 Å². The number of non-ortho nitro benzene ring substituents is 1. The molecular formula is C14H17ClN2O4. The monoisotopic (exact) mass is 312 g/mol. The van der Waals surface area contributed by atoms with Gasteiger partial charge in [0.25, 0.3) is 5.69 Å². The minimum atomic E-state index is -0.558. The summed E-state index contributed by atoms with van der Waals surface area (Å²) in [5.74, 6) is 0. The third kappa shape index (κ3) is 6.27. The molecule has 0 unspecified atom stereocenters. The van der Waals surface area contributed by atoms with Crippen LogP contribution in [0.1, 0.15) is 26.3 Å². The van der Waals surface area contributed by atoms with E-state index in [2.05, 4.69) is 5.32 Å². The summed E-state index contributed by atoms with van der Waals surface area (Å²) in [6.45, 7) is 5.54. The molecule has 1 rings (SSSR count). The van der Waals surface area contributed by atoms with E-state index in [1.807, 2.05) is 0 Å². The molecule has 0 radical (unpaired) electrons. The van der Waals surface area contributed by atoms with Crippen molar-refractivity contribution in [1.82, 2.24) is 5.32 Å². The van der Waals surface area contributed by atoms with Crippen LogP contribution in [0.4, 0.5) is 10.5 Å². The summed E-state index contributed by atoms with van der Waals surface area (Å²) in [4.78, 5) is 21.6. The van der Waals surface area contributed by atoms with Gasteiger partial charge in [-0.05, 0) is 32.4 Å². The standard InChI is InChI=1S/C14H17ClN2O4/c1-14(2,3)21-13(18)16-8-4-5-10-9-11(17(19)20)6-7-12(10)15/h4-7,9H,8H2,1-3H3,(H,16,18). The van der Waals surface area contributed by atoms with Crippen LogP contribution in [0.25, 0.3) is 6.08 Å². The van der Waals surface area contributed by atoms with Crippen molar-refractivity contribution in [1.29, 1.82) is 0 Å². The number of hydrogen-bond donors (Lipinski definition) is 1. The largest absolute Gasteiger partial charge is 0.444 e. The summed E-state index contributed by atoms with van der Waals surface area (Å²) in [5.41, 5.74) is -0.0899. The highest BCUT2D eigenvalue weighted by Crippen LogP contribution is 2.23. The molecule has 114 valence electrons. The second-order valence-electron chi connectivity index (χ2n) is 5.25. The third-order valence-corrected chi connectivity index (χ3v) is 2.60. The number of benzene rings is 1. The van der Waals surface area contributed by atoms with Gasteiger partial charge in [0.1, 0.15) is 5.60 Å². The Hall–Kier alpha value is -2.08. The van der Waals surface area contributed by atoms with Crippen LogP contribution in [-0.4, -0.2) is 23.2 Å². The van der Waals surface area contributed by atoms with E-state index in [0.717, 1.165) is 0 Å². The topological polar surface area (TPSA) is 81.5 Å². The molecule has 7 heteroatoms. The van der Waals surface area contributed by atoms with Crippen molar-refractivity contribution < 1.29 is 14.5 Å². The highest BCUT2D eigenvalue weighted by molar-refractivity contribution is 6.32. The van der Waals surface area contributed by atoms with E-state index >= 15 is 0 Å². The number of nitro benzene ring substituents is 1. The Balaban J connectivity index is 2.60. The van der Waals surface area contributed by atoms with E-state index in [4.69, 9.17) is 16.3 Å². The molecule has 1 aromatic rings. The molecule has 1 aromatic carbocycles. The zero-order chi connectivity index (χ0) is 16.0. The van der Waals surface area contributed by atoms with Crippen LogP contribution in [0.3, 0.4) is 0 Å². The van der Waals surface area contributed by atoms with Crippen molar-refractivity contribution in [3.05, 3.63) is 45.0 Å². The Labute approximate surface area is 127 Å². The molecule has 0 bridgehead atoms. The molecule has 0 saturated carbocycles. The molecule has 0 heterocycles. The van der Waals surface area contributed by atoms with Gasteiger partial charge >= 0.3 is 6.09 Å². The zero-order valence-corrected chi connectivity index (χ0v) is 12.8. The lowest BCUT2D eigenvalue weighted by atomic mass is 10.2. The lowest BCUT2D eigenvalue weighted by Crippen LogP contribution is -2.32. The summed E-state index contributed by atoms with van der Waals surface area (Å²) in [5, 5.41) is 13.6. The van der Waals surface area contributed by atoms with Crippen molar-refractivity contribution in [2.75, 3.05) is 6.54 Å². The van der Waals surface area contributed by atoms with Gasteiger partial charge in [-0.1, -0.05) is 23.8 Å². The Morgan fingerprint density at radius 1 is 1.48 bits per heavy atom. The highest BCUT2D eigenvalue weighted by atomic mass is 35.5. The second-order valence-corrected chi connectivity index (χ2v) is 5.66. The molecular weight excluding hydrogens is 296 g/mol. The number of hydrogen-bond acceptors (Lipinski definition) is 4. The number of nitrogens with zero attached hydrogens (tertiary/aromatic N) is 1. The fourth-order valence-corrected chi connectivity index (χ4v) is 1.60. The normalized spacial score (nSPS) is 11.4. The average Bonchev–Trinajstić information content (AvgIpc) is 2.34. The molecule has 1 N–H and O–H groups in total. The Morgan fingerprint density at radius 3 is 2.71 bits per heavy atom. The molecule has 0 aromatic heterocycles. The number of amides is 1. The maximum Gasteiger partial charge on any atom is 0.407 e. The molecule has 21 heavy (non-hydrogen) atoms. The summed E-state index contributed by atoms with van der Waals surface area (Å²) in [6, 6.07) is 4.16. The number of halogens is 1. The number of carbonyl (C=O) groups is 1. The summed E-state index contributed by atoms with van der Waals surface area (Å²) >= 11 is 5.94. The lowest BCUT2D eigenvalue weighted by molar-refractivity contribution is -0.384. The number of nitro groups is 1. The third-order valence-electron chi connectivity index (χ3n) is 2.25. The first-order valence-corrected chi connectivity index (χ1v) is 6.64. The summed E-state index contributed by atoms with van der Waals surface area (Å²) in [6.07, 6.45) is 2.71. The minimum Gasteiger partial charge on any atom is -0.444 e. The Bertz CT molecular complexity index is 565. The van der Waals surface area contributed by atoms with Gasteiger partial charge in [0.2, 0.25) is 0 Å². The molecule has 0 aliphatic carbocycles. The molecule has 0 fully saturated rings. The van der Waals surface area contributed by atoms with Gasteiger partial charge in [0.15, 0.2) is 0 Å². The van der Waals surface area contributed by atoms with Gasteiger partial charge in [-0.15, -0.1) is 0 Å². The molecule has 0 spiro atoms. The summed E-state index contributed by atoms with van der Waals surface area (Å²) < 4.78 is 5.06. The van der Waals surface area contributed by atoms with Crippen molar-refractivity contribution in [2.45, 2.75) is 26.4 Å². The molecule has 1 amide bonds. The van der Waals surface area contributed by atoms with Gasteiger partial charge in [-0.2, -0.15) is 0 Å². The highest BCUT2D eigenvalue weighted by Gasteiger charge is 2.15. The van der Waals surface area contributed by atoms with E-state index in [0.29, 0.717) is 10.6 Å². The first kappa shape index (κ1) is 17.0. The van der Waals surface area contributed by atoms with Crippen LogP contribution in [0.5, 0.6) is 0 Å². The number of alkyl carbamates (subject to hydrolysis) is 1. The van der Waals surface area contributed by atoms with E-state index in [9.17, 15) is 14.9 Å². The van der Waals surface area contributed by atoms with E-state index in [1.54, 1.807) is 32.9 Å². The van der Waals surface area contributed by atoms with Gasteiger partial charge in [0, 0.05) is 23.7 Å². The molecule has 0 aliphatic rings. The fourth-order valence-electron chi connectivity index (χ4n) is 1.41. The van der Waals surface area contributed by atoms with Crippen LogP contribution >= 0.6 is 11.6 Å². The van der Waals surface area contributed by atoms with E-state index < -0.39 is 16.6 Å². The zero-order valence-electron chi connectivity index (χ0n) is 12.1. The predicted molar refractivity (Wildman–Crippen MR) is 81.4 cm³/mol. The van der Waals surface area contributed by atoms with E-state index in [-0.39, 0.29) is 12.2 Å². The fraction of sp³-hybridized carbons (Fsp3) is 0.357. The molecule has 0 saturated heterocycles. The molecule has 6 nitrogen and oxygen atoms in total. The van der Waals surface area contributed by atoms with E-state index in [1.165, 1.54) is 18.2 Å². The quantitative estimate of drug-likeness (QED) is 0.677. The average molecular weight is 313 g/mol. The lowest BCUT2D eigenvalue weighted by Gasteiger charge is -2.19. The summed E-state index contributed by atoms with van der Waals surface area (Å²) in [7, 11) is 0.